The van der Waals surface area contributed by atoms with Crippen LogP contribution in [0.2, 0.25) is 0 Å². The van der Waals surface area contributed by atoms with Gasteiger partial charge in [-0.3, -0.25) is 4.79 Å². The number of ether oxygens (including phenoxy) is 2. The summed E-state index contributed by atoms with van der Waals surface area (Å²) in [7, 11) is 1.32. The average molecular weight is 481 g/mol. The van der Waals surface area contributed by atoms with E-state index in [1.54, 1.807) is 6.20 Å². The zero-order valence-electron chi connectivity index (χ0n) is 20.1. The predicted molar refractivity (Wildman–Crippen MR) is 134 cm³/mol. The third kappa shape index (κ3) is 5.63. The zero-order chi connectivity index (χ0) is 24.8. The number of methoxy groups -OCH3 is 1. The molecular weight excluding hydrogens is 448 g/mol. The van der Waals surface area contributed by atoms with Gasteiger partial charge in [0.25, 0.3) is 5.91 Å². The van der Waals surface area contributed by atoms with Gasteiger partial charge < -0.3 is 29.8 Å². The van der Waals surface area contributed by atoms with Crippen LogP contribution in [0, 0.1) is 0 Å². The predicted octanol–water partition coefficient (Wildman–Crippen LogP) is 3.37. The van der Waals surface area contributed by atoms with Crippen LogP contribution in [0.4, 0.5) is 11.4 Å². The minimum atomic E-state index is -0.555. The molecule has 1 saturated heterocycles. The van der Waals surface area contributed by atoms with Gasteiger partial charge in [-0.05, 0) is 44.2 Å². The van der Waals surface area contributed by atoms with E-state index in [0.717, 1.165) is 19.3 Å². The van der Waals surface area contributed by atoms with Crippen LogP contribution < -0.4 is 10.6 Å². The van der Waals surface area contributed by atoms with Gasteiger partial charge in [0.15, 0.2) is 5.69 Å². The normalized spacial score (nSPS) is 16.3. The summed E-state index contributed by atoms with van der Waals surface area (Å²) in [6, 6.07) is 11.8. The van der Waals surface area contributed by atoms with Crippen molar-refractivity contribution >= 4 is 34.3 Å². The fourth-order valence-corrected chi connectivity index (χ4v) is 4.36. The standard InChI is InChI=1S/C26H32N4O5/c1-17(16-31)28-19-14-20-22(29-25(32)21-11-7-13-35-21)23(26(33)34-2)30(24(20)27-15-19)12-6-10-18-8-4-3-5-9-18/h3-5,8-9,14-15,17,21,28,31H,6-7,10-13,16H2,1-2H3,(H,29,32). The molecule has 1 aromatic carbocycles. The van der Waals surface area contributed by atoms with Crippen molar-refractivity contribution in [2.45, 2.75) is 51.3 Å². The van der Waals surface area contributed by atoms with Gasteiger partial charge in [0.05, 0.1) is 31.3 Å². The van der Waals surface area contributed by atoms with Crippen LogP contribution in [-0.4, -0.2) is 59.0 Å². The molecule has 3 heterocycles. The van der Waals surface area contributed by atoms with Crippen LogP contribution in [0.1, 0.15) is 42.2 Å². The number of esters is 1. The number of carbonyl (C=O) groups is 2. The number of nitrogens with one attached hydrogen (secondary N) is 2. The van der Waals surface area contributed by atoms with E-state index in [1.165, 1.54) is 12.7 Å². The van der Waals surface area contributed by atoms with E-state index >= 15 is 0 Å². The first kappa shape index (κ1) is 24.7. The molecule has 2 aromatic heterocycles. The number of hydrogen-bond acceptors (Lipinski definition) is 7. The highest BCUT2D eigenvalue weighted by molar-refractivity contribution is 6.12. The Labute approximate surface area is 204 Å². The molecular formula is C26H32N4O5. The minimum Gasteiger partial charge on any atom is -0.464 e. The lowest BCUT2D eigenvalue weighted by Crippen LogP contribution is -2.28. The summed E-state index contributed by atoms with van der Waals surface area (Å²) in [5.74, 6) is -0.846. The number of pyridine rings is 1. The maximum Gasteiger partial charge on any atom is 0.356 e. The molecule has 0 aliphatic carbocycles. The molecule has 1 aliphatic rings. The lowest BCUT2D eigenvalue weighted by molar-refractivity contribution is -0.124. The average Bonchev–Trinajstić information content (AvgIpc) is 3.52. The van der Waals surface area contributed by atoms with E-state index in [9.17, 15) is 14.7 Å². The number of aryl methyl sites for hydroxylation is 2. The third-order valence-electron chi connectivity index (χ3n) is 6.12. The van der Waals surface area contributed by atoms with Crippen LogP contribution in [0.3, 0.4) is 0 Å². The Bertz CT molecular complexity index is 1170. The summed E-state index contributed by atoms with van der Waals surface area (Å²) < 4.78 is 12.5. The Kier molecular flexibility index (Phi) is 7.99. The summed E-state index contributed by atoms with van der Waals surface area (Å²) in [5, 5.41) is 16.2. The van der Waals surface area contributed by atoms with Crippen molar-refractivity contribution in [3.63, 3.8) is 0 Å². The number of anilines is 2. The number of aliphatic hydroxyl groups is 1. The summed E-state index contributed by atoms with van der Waals surface area (Å²) in [6.45, 7) is 2.85. The number of fused-ring (bicyclic) bond motifs is 1. The highest BCUT2D eigenvalue weighted by atomic mass is 16.5. The molecule has 0 bridgehead atoms. The van der Waals surface area contributed by atoms with Crippen molar-refractivity contribution in [2.75, 3.05) is 31.0 Å². The molecule has 3 aromatic rings. The van der Waals surface area contributed by atoms with Gasteiger partial charge in [-0.2, -0.15) is 0 Å². The number of amides is 1. The smallest absolute Gasteiger partial charge is 0.356 e. The fraction of sp³-hybridized carbons (Fsp3) is 0.423. The van der Waals surface area contributed by atoms with Crippen molar-refractivity contribution in [2.24, 2.45) is 0 Å². The van der Waals surface area contributed by atoms with Crippen LogP contribution in [0.25, 0.3) is 11.0 Å². The van der Waals surface area contributed by atoms with Crippen LogP contribution >= 0.6 is 0 Å². The van der Waals surface area contributed by atoms with Gasteiger partial charge in [-0.25, -0.2) is 9.78 Å². The van der Waals surface area contributed by atoms with Gasteiger partial charge in [0, 0.05) is 24.6 Å². The maximum absolute atomic E-state index is 13.0. The van der Waals surface area contributed by atoms with E-state index in [1.807, 2.05) is 35.8 Å². The number of aliphatic hydroxyl groups excluding tert-OH is 1. The van der Waals surface area contributed by atoms with E-state index in [2.05, 4.69) is 27.8 Å². The van der Waals surface area contributed by atoms with Gasteiger partial charge in [-0.15, -0.1) is 0 Å². The zero-order valence-corrected chi connectivity index (χ0v) is 20.1. The first-order valence-electron chi connectivity index (χ1n) is 12.0. The van der Waals surface area contributed by atoms with Gasteiger partial charge in [-0.1, -0.05) is 30.3 Å². The van der Waals surface area contributed by atoms with Crippen molar-refractivity contribution in [3.05, 3.63) is 53.9 Å². The second-order valence-corrected chi connectivity index (χ2v) is 8.77. The Hall–Kier alpha value is -3.43. The number of hydrogen-bond donors (Lipinski definition) is 3. The van der Waals surface area contributed by atoms with E-state index in [-0.39, 0.29) is 24.2 Å². The van der Waals surface area contributed by atoms with Gasteiger partial charge >= 0.3 is 5.97 Å². The Morgan fingerprint density at radius 1 is 1.31 bits per heavy atom. The third-order valence-corrected chi connectivity index (χ3v) is 6.12. The molecule has 3 N–H and O–H groups in total. The highest BCUT2D eigenvalue weighted by Gasteiger charge is 2.30. The lowest BCUT2D eigenvalue weighted by Gasteiger charge is -2.13. The molecule has 35 heavy (non-hydrogen) atoms. The monoisotopic (exact) mass is 480 g/mol. The number of benzene rings is 1. The topological polar surface area (TPSA) is 115 Å². The van der Waals surface area contributed by atoms with Gasteiger partial charge in [0.2, 0.25) is 0 Å². The van der Waals surface area contributed by atoms with Crippen molar-refractivity contribution < 1.29 is 24.2 Å². The number of aromatic nitrogens is 2. The molecule has 186 valence electrons. The summed E-state index contributed by atoms with van der Waals surface area (Å²) >= 11 is 0. The molecule has 0 radical (unpaired) electrons. The Balaban J connectivity index is 1.74. The Morgan fingerprint density at radius 2 is 2.11 bits per heavy atom. The van der Waals surface area contributed by atoms with Crippen molar-refractivity contribution in [1.82, 2.24) is 9.55 Å². The van der Waals surface area contributed by atoms with E-state index in [4.69, 9.17) is 9.47 Å². The SMILES string of the molecule is COC(=O)c1c(NC(=O)C2CCCO2)c2cc(NC(C)CO)cnc2n1CCCc1ccccc1. The lowest BCUT2D eigenvalue weighted by atomic mass is 10.1. The number of nitrogens with zero attached hydrogens (tertiary/aromatic N) is 2. The van der Waals surface area contributed by atoms with E-state index in [0.29, 0.717) is 42.0 Å². The van der Waals surface area contributed by atoms with Crippen LogP contribution in [0.15, 0.2) is 42.6 Å². The molecule has 9 nitrogen and oxygen atoms in total. The first-order chi connectivity index (χ1) is 17.0. The molecule has 1 aliphatic heterocycles. The van der Waals surface area contributed by atoms with Crippen molar-refractivity contribution in [3.8, 4) is 0 Å². The minimum absolute atomic E-state index is 0.0471. The highest BCUT2D eigenvalue weighted by Crippen LogP contribution is 2.33. The molecule has 2 atom stereocenters. The van der Waals surface area contributed by atoms with Crippen LogP contribution in [-0.2, 0) is 27.2 Å². The largest absolute Gasteiger partial charge is 0.464 e. The molecule has 4 rings (SSSR count). The molecule has 1 fully saturated rings. The summed E-state index contributed by atoms with van der Waals surface area (Å²) in [4.78, 5) is 30.6. The second kappa shape index (κ2) is 11.3. The maximum atomic E-state index is 13.0. The van der Waals surface area contributed by atoms with Crippen LogP contribution in [0.5, 0.6) is 0 Å². The number of carbonyl (C=O) groups excluding carboxylic acids is 2. The molecule has 1 amide bonds. The first-order valence-corrected chi connectivity index (χ1v) is 12.0. The summed E-state index contributed by atoms with van der Waals surface area (Å²) in [5.41, 5.74) is 3.06. The second-order valence-electron chi connectivity index (χ2n) is 8.77. The summed E-state index contributed by atoms with van der Waals surface area (Å²) in [6.07, 6.45) is 4.15. The number of rotatable bonds is 10. The Morgan fingerprint density at radius 3 is 2.80 bits per heavy atom. The fourth-order valence-electron chi connectivity index (χ4n) is 4.36. The molecule has 2 unspecified atom stereocenters. The van der Waals surface area contributed by atoms with Gasteiger partial charge in [0.1, 0.15) is 11.8 Å². The molecule has 0 saturated carbocycles. The van der Waals surface area contributed by atoms with E-state index < -0.39 is 12.1 Å². The molecule has 9 heteroatoms. The van der Waals surface area contributed by atoms with Crippen molar-refractivity contribution in [1.29, 1.82) is 0 Å². The molecule has 0 spiro atoms. The quantitative estimate of drug-likeness (QED) is 0.381.